The number of amides is 1. The molecule has 1 aliphatic rings. The highest BCUT2D eigenvalue weighted by atomic mass is 35.5. The molecule has 0 unspecified atom stereocenters. The maximum absolute atomic E-state index is 12.8. The van der Waals surface area contributed by atoms with Gasteiger partial charge in [-0.25, -0.2) is 0 Å². The lowest BCUT2D eigenvalue weighted by molar-refractivity contribution is -0.113. The van der Waals surface area contributed by atoms with Crippen LogP contribution < -0.4 is 4.90 Å². The van der Waals surface area contributed by atoms with Crippen LogP contribution in [0.1, 0.15) is 16.7 Å². The number of thiocarbonyl (C=S) groups is 1. The number of carbonyl (C=O) groups excluding carboxylic acids is 1. The molecule has 0 atom stereocenters. The zero-order valence-electron chi connectivity index (χ0n) is 13.0. The molecule has 122 valence electrons. The van der Waals surface area contributed by atoms with Crippen molar-refractivity contribution in [2.75, 3.05) is 4.90 Å². The number of hydrogen-bond donors (Lipinski definition) is 0. The fourth-order valence-electron chi connectivity index (χ4n) is 2.40. The maximum atomic E-state index is 12.8. The molecule has 0 saturated carbocycles. The van der Waals surface area contributed by atoms with Gasteiger partial charge in [-0.3, -0.25) is 9.69 Å². The lowest BCUT2D eigenvalue weighted by Crippen LogP contribution is -2.28. The van der Waals surface area contributed by atoms with Crippen LogP contribution in [0.4, 0.5) is 5.69 Å². The van der Waals surface area contributed by atoms with Gasteiger partial charge >= 0.3 is 0 Å². The summed E-state index contributed by atoms with van der Waals surface area (Å²) in [6.45, 7) is 3.96. The number of hydrogen-bond acceptors (Lipinski definition) is 3. The molecule has 1 aliphatic heterocycles. The monoisotopic (exact) mass is 393 g/mol. The first-order valence-corrected chi connectivity index (χ1v) is 9.15. The van der Waals surface area contributed by atoms with Gasteiger partial charge in [-0.15, -0.1) is 0 Å². The SMILES string of the molecule is Cc1ccc(C)c(N2C(=O)C(=Cc3ccc(Cl)cc3Cl)SC2=S)c1. The molecule has 0 N–H and O–H groups in total. The number of carbonyl (C=O) groups is 1. The lowest BCUT2D eigenvalue weighted by Gasteiger charge is -2.17. The van der Waals surface area contributed by atoms with Crippen LogP contribution in [0.25, 0.3) is 6.08 Å². The third kappa shape index (κ3) is 3.38. The zero-order valence-corrected chi connectivity index (χ0v) is 16.1. The van der Waals surface area contributed by atoms with Gasteiger partial charge in [0.05, 0.1) is 10.6 Å². The van der Waals surface area contributed by atoms with Gasteiger partial charge in [-0.05, 0) is 54.8 Å². The topological polar surface area (TPSA) is 20.3 Å². The van der Waals surface area contributed by atoms with E-state index in [0.29, 0.717) is 19.3 Å². The number of halogens is 2. The van der Waals surface area contributed by atoms with Gasteiger partial charge in [0.15, 0.2) is 4.32 Å². The van der Waals surface area contributed by atoms with Crippen LogP contribution in [0, 0.1) is 13.8 Å². The zero-order chi connectivity index (χ0) is 17.4. The van der Waals surface area contributed by atoms with Gasteiger partial charge in [0.1, 0.15) is 0 Å². The summed E-state index contributed by atoms with van der Waals surface area (Å²) >= 11 is 18.8. The second-order valence-electron chi connectivity index (χ2n) is 5.47. The molecule has 1 heterocycles. The van der Waals surface area contributed by atoms with Crippen molar-refractivity contribution in [3.05, 3.63) is 68.0 Å². The minimum absolute atomic E-state index is 0.135. The first-order chi connectivity index (χ1) is 11.4. The van der Waals surface area contributed by atoms with Crippen molar-refractivity contribution in [1.82, 2.24) is 0 Å². The van der Waals surface area contributed by atoms with E-state index >= 15 is 0 Å². The van der Waals surface area contributed by atoms with Gasteiger partial charge in [0.2, 0.25) is 0 Å². The van der Waals surface area contributed by atoms with E-state index in [9.17, 15) is 4.79 Å². The molecule has 24 heavy (non-hydrogen) atoms. The summed E-state index contributed by atoms with van der Waals surface area (Å²) in [5.41, 5.74) is 3.64. The molecule has 0 aromatic heterocycles. The number of benzene rings is 2. The van der Waals surface area contributed by atoms with E-state index in [1.54, 1.807) is 29.2 Å². The predicted octanol–water partition coefficient (Wildman–Crippen LogP) is 6.02. The van der Waals surface area contributed by atoms with Crippen molar-refractivity contribution in [3.63, 3.8) is 0 Å². The number of aryl methyl sites for hydroxylation is 2. The predicted molar refractivity (Wildman–Crippen MR) is 108 cm³/mol. The number of thioether (sulfide) groups is 1. The molecule has 1 amide bonds. The van der Waals surface area contributed by atoms with Gasteiger partial charge in [-0.1, -0.05) is 65.4 Å². The van der Waals surface area contributed by atoms with Gasteiger partial charge in [0.25, 0.3) is 5.91 Å². The highest BCUT2D eigenvalue weighted by molar-refractivity contribution is 8.27. The Kier molecular flexibility index (Phi) is 5.02. The minimum Gasteiger partial charge on any atom is -0.268 e. The van der Waals surface area contributed by atoms with Crippen LogP contribution in [0.15, 0.2) is 41.3 Å². The summed E-state index contributed by atoms with van der Waals surface area (Å²) < 4.78 is 0.519. The number of anilines is 1. The Hall–Kier alpha value is -1.33. The average molecular weight is 394 g/mol. The largest absolute Gasteiger partial charge is 0.270 e. The quantitative estimate of drug-likeness (QED) is 0.459. The normalized spacial score (nSPS) is 16.3. The Morgan fingerprint density at radius 1 is 1.12 bits per heavy atom. The first-order valence-electron chi connectivity index (χ1n) is 7.17. The van der Waals surface area contributed by atoms with Crippen molar-refractivity contribution >= 4 is 69.2 Å². The van der Waals surface area contributed by atoms with E-state index < -0.39 is 0 Å². The number of nitrogens with zero attached hydrogens (tertiary/aromatic N) is 1. The van der Waals surface area contributed by atoms with E-state index in [-0.39, 0.29) is 5.91 Å². The lowest BCUT2D eigenvalue weighted by atomic mass is 10.1. The average Bonchev–Trinajstić information content (AvgIpc) is 2.79. The third-order valence-corrected chi connectivity index (χ3v) is 5.51. The van der Waals surface area contributed by atoms with Crippen LogP contribution in [0.2, 0.25) is 10.0 Å². The molecule has 3 rings (SSSR count). The Balaban J connectivity index is 2.00. The fraction of sp³-hybridized carbons (Fsp3) is 0.111. The molecule has 0 aliphatic carbocycles. The van der Waals surface area contributed by atoms with Crippen LogP contribution in [0.3, 0.4) is 0 Å². The molecular formula is C18H13Cl2NOS2. The number of rotatable bonds is 2. The molecule has 0 radical (unpaired) electrons. The van der Waals surface area contributed by atoms with Crippen LogP contribution in [0.5, 0.6) is 0 Å². The Morgan fingerprint density at radius 3 is 2.58 bits per heavy atom. The van der Waals surface area contributed by atoms with Crippen LogP contribution >= 0.6 is 47.2 Å². The van der Waals surface area contributed by atoms with E-state index in [0.717, 1.165) is 22.4 Å². The summed E-state index contributed by atoms with van der Waals surface area (Å²) in [7, 11) is 0. The summed E-state index contributed by atoms with van der Waals surface area (Å²) in [6, 6.07) is 11.2. The van der Waals surface area contributed by atoms with Crippen molar-refractivity contribution in [2.24, 2.45) is 0 Å². The molecule has 0 bridgehead atoms. The van der Waals surface area contributed by atoms with Crippen molar-refractivity contribution < 1.29 is 4.79 Å². The fourth-order valence-corrected chi connectivity index (χ4v) is 4.13. The minimum atomic E-state index is -0.135. The second kappa shape index (κ2) is 6.89. The standard InChI is InChI=1S/C18H13Cl2NOS2/c1-10-3-4-11(2)15(7-10)21-17(22)16(24-18(21)23)8-12-5-6-13(19)9-14(12)20/h3-9H,1-2H3. The highest BCUT2D eigenvalue weighted by Gasteiger charge is 2.34. The Bertz CT molecular complexity index is 893. The van der Waals surface area contributed by atoms with E-state index in [2.05, 4.69) is 0 Å². The summed E-state index contributed by atoms with van der Waals surface area (Å²) in [5, 5.41) is 1.06. The summed E-state index contributed by atoms with van der Waals surface area (Å²) in [4.78, 5) is 15.0. The second-order valence-corrected chi connectivity index (χ2v) is 7.99. The molecule has 1 fully saturated rings. The van der Waals surface area contributed by atoms with E-state index in [4.69, 9.17) is 35.4 Å². The maximum Gasteiger partial charge on any atom is 0.270 e. The van der Waals surface area contributed by atoms with E-state index in [1.165, 1.54) is 11.8 Å². The Morgan fingerprint density at radius 2 is 1.88 bits per heavy atom. The molecule has 6 heteroatoms. The highest BCUT2D eigenvalue weighted by Crippen LogP contribution is 2.38. The van der Waals surface area contributed by atoms with Gasteiger partial charge in [0, 0.05) is 10.0 Å². The van der Waals surface area contributed by atoms with Crippen LogP contribution in [-0.2, 0) is 4.79 Å². The van der Waals surface area contributed by atoms with Crippen molar-refractivity contribution in [2.45, 2.75) is 13.8 Å². The summed E-state index contributed by atoms with van der Waals surface area (Å²) in [5.74, 6) is -0.135. The Labute approximate surface area is 160 Å². The van der Waals surface area contributed by atoms with Gasteiger partial charge in [-0.2, -0.15) is 0 Å². The molecule has 2 aromatic rings. The van der Waals surface area contributed by atoms with Gasteiger partial charge < -0.3 is 0 Å². The molecule has 2 aromatic carbocycles. The molecule has 0 spiro atoms. The first kappa shape index (κ1) is 17.5. The summed E-state index contributed by atoms with van der Waals surface area (Å²) in [6.07, 6.45) is 1.75. The van der Waals surface area contributed by atoms with Crippen molar-refractivity contribution in [1.29, 1.82) is 0 Å². The van der Waals surface area contributed by atoms with E-state index in [1.807, 2.05) is 32.0 Å². The third-order valence-electron chi connectivity index (χ3n) is 3.65. The van der Waals surface area contributed by atoms with Crippen molar-refractivity contribution in [3.8, 4) is 0 Å². The molecule has 2 nitrogen and oxygen atoms in total. The van der Waals surface area contributed by atoms with Crippen LogP contribution in [-0.4, -0.2) is 10.2 Å². The molecular weight excluding hydrogens is 381 g/mol. The molecule has 1 saturated heterocycles. The smallest absolute Gasteiger partial charge is 0.268 e.